The lowest BCUT2D eigenvalue weighted by atomic mass is 10.3. The van der Waals surface area contributed by atoms with Gasteiger partial charge in [-0.25, -0.2) is 20.0 Å². The molecule has 4 amide bonds. The number of nitrogens with zero attached hydrogens (tertiary/aromatic N) is 1. The molecule has 0 heterocycles. The van der Waals surface area contributed by atoms with E-state index in [4.69, 9.17) is 5.73 Å². The average molecular weight is 235 g/mol. The minimum atomic E-state index is -0.890. The number of nitrogens with one attached hydrogen (secondary N) is 2. The highest BCUT2D eigenvalue weighted by Crippen LogP contribution is 2.10. The van der Waals surface area contributed by atoms with Crippen LogP contribution in [0.4, 0.5) is 15.3 Å². The zero-order valence-electron chi connectivity index (χ0n) is 8.84. The molecule has 0 saturated heterocycles. The first kappa shape index (κ1) is 12.5. The zero-order valence-corrected chi connectivity index (χ0v) is 8.84. The minimum absolute atomic E-state index is 0.275. The topological polar surface area (TPSA) is 105 Å². The molecule has 0 spiro atoms. The summed E-state index contributed by atoms with van der Waals surface area (Å²) in [5, 5.41) is 3.13. The van der Waals surface area contributed by atoms with Gasteiger partial charge in [-0.3, -0.25) is 4.79 Å². The second-order valence-electron chi connectivity index (χ2n) is 2.95. The third-order valence-corrected chi connectivity index (χ3v) is 1.75. The summed E-state index contributed by atoms with van der Waals surface area (Å²) in [5.41, 5.74) is 7.49. The Hall–Kier alpha value is -2.57. The number of amides is 4. The van der Waals surface area contributed by atoms with Crippen molar-refractivity contribution in [2.24, 2.45) is 5.73 Å². The molecule has 0 atom stereocenters. The monoisotopic (exact) mass is 235 g/mol. The summed E-state index contributed by atoms with van der Waals surface area (Å²) in [7, 11) is 0. The highest BCUT2D eigenvalue weighted by Gasteiger charge is 2.16. The normalized spacial score (nSPS) is 9.18. The number of anilines is 1. The highest BCUT2D eigenvalue weighted by atomic mass is 16.2. The van der Waals surface area contributed by atoms with Crippen molar-refractivity contribution in [2.45, 2.75) is 0 Å². The van der Waals surface area contributed by atoms with Crippen LogP contribution in [-0.2, 0) is 4.79 Å². The second-order valence-corrected chi connectivity index (χ2v) is 2.95. The van der Waals surface area contributed by atoms with E-state index in [1.54, 1.807) is 30.3 Å². The van der Waals surface area contributed by atoms with E-state index in [0.717, 1.165) is 5.01 Å². The van der Waals surface area contributed by atoms with Gasteiger partial charge in [-0.1, -0.05) is 18.2 Å². The van der Waals surface area contributed by atoms with Crippen LogP contribution in [0.25, 0.3) is 0 Å². The molecule has 1 aromatic rings. The zero-order chi connectivity index (χ0) is 12.7. The minimum Gasteiger partial charge on any atom is -0.350 e. The van der Waals surface area contributed by atoms with Gasteiger partial charge in [0.25, 0.3) is 0 Å². The lowest BCUT2D eigenvalue weighted by molar-refractivity contribution is 0.236. The van der Waals surface area contributed by atoms with Gasteiger partial charge in [0, 0.05) is 0 Å². The fourth-order valence-electron chi connectivity index (χ4n) is 1.11. The van der Waals surface area contributed by atoms with E-state index in [9.17, 15) is 14.4 Å². The van der Waals surface area contributed by atoms with Crippen molar-refractivity contribution in [1.29, 1.82) is 0 Å². The fraction of sp³-hybridized carbons (Fsp3) is 0.100. The molecule has 1 rings (SSSR count). The van der Waals surface area contributed by atoms with Gasteiger partial charge >= 0.3 is 12.1 Å². The first-order valence-corrected chi connectivity index (χ1v) is 4.69. The molecule has 0 aliphatic carbocycles. The molecule has 0 fully saturated rings. The molecule has 0 unspecified atom stereocenters. The van der Waals surface area contributed by atoms with Crippen LogP contribution < -0.4 is 21.5 Å². The van der Waals surface area contributed by atoms with E-state index in [1.165, 1.54) is 6.29 Å². The highest BCUT2D eigenvalue weighted by molar-refractivity contribution is 5.95. The fourth-order valence-corrected chi connectivity index (χ4v) is 1.11. The number of primary amides is 1. The van der Waals surface area contributed by atoms with Crippen molar-refractivity contribution >= 4 is 24.0 Å². The van der Waals surface area contributed by atoms with Gasteiger partial charge in [-0.15, -0.1) is 0 Å². The Morgan fingerprint density at radius 3 is 2.47 bits per heavy atom. The maximum absolute atomic E-state index is 11.6. The maximum atomic E-state index is 11.6. The lowest BCUT2D eigenvalue weighted by Crippen LogP contribution is -2.53. The lowest BCUT2D eigenvalue weighted by Gasteiger charge is -2.21. The molecular formula is C10H11N4O3. The van der Waals surface area contributed by atoms with E-state index in [-0.39, 0.29) is 6.54 Å². The molecule has 17 heavy (non-hydrogen) atoms. The van der Waals surface area contributed by atoms with Crippen LogP contribution in [0, 0.1) is 0 Å². The van der Waals surface area contributed by atoms with E-state index >= 15 is 0 Å². The van der Waals surface area contributed by atoms with E-state index < -0.39 is 12.1 Å². The first-order valence-electron chi connectivity index (χ1n) is 4.69. The predicted molar refractivity (Wildman–Crippen MR) is 60.7 cm³/mol. The summed E-state index contributed by atoms with van der Waals surface area (Å²) in [6, 6.07) is 6.75. The van der Waals surface area contributed by atoms with Crippen LogP contribution in [0.1, 0.15) is 0 Å². The van der Waals surface area contributed by atoms with Crippen LogP contribution in [0.15, 0.2) is 30.3 Å². The molecule has 89 valence electrons. The van der Waals surface area contributed by atoms with E-state index in [0.29, 0.717) is 5.69 Å². The number of carbonyl (C=O) groups is 2. The number of benzene rings is 1. The van der Waals surface area contributed by atoms with E-state index in [1.807, 2.05) is 0 Å². The third kappa shape index (κ3) is 3.82. The molecule has 1 aromatic carbocycles. The Morgan fingerprint density at radius 1 is 1.29 bits per heavy atom. The number of urea groups is 2. The molecular weight excluding hydrogens is 224 g/mol. The molecule has 0 aliphatic heterocycles. The number of hydrazine groups is 1. The molecule has 7 nitrogen and oxygen atoms in total. The number of hydrogen-bond donors (Lipinski definition) is 3. The summed E-state index contributed by atoms with van der Waals surface area (Å²) in [6.07, 6.45) is 1.51. The van der Waals surface area contributed by atoms with Crippen LogP contribution in [-0.4, -0.2) is 24.9 Å². The summed E-state index contributed by atoms with van der Waals surface area (Å²) in [4.78, 5) is 32.4. The van der Waals surface area contributed by atoms with Crippen molar-refractivity contribution < 1.29 is 14.4 Å². The van der Waals surface area contributed by atoms with Crippen molar-refractivity contribution in [3.05, 3.63) is 30.3 Å². The van der Waals surface area contributed by atoms with Gasteiger partial charge in [-0.2, -0.15) is 0 Å². The Morgan fingerprint density at radius 2 is 1.94 bits per heavy atom. The van der Waals surface area contributed by atoms with Crippen molar-refractivity contribution in [3.8, 4) is 0 Å². The molecule has 0 saturated carbocycles. The maximum Gasteiger partial charge on any atom is 0.341 e. The largest absolute Gasteiger partial charge is 0.350 e. The Kier molecular flexibility index (Phi) is 4.49. The van der Waals surface area contributed by atoms with Crippen molar-refractivity contribution in [3.63, 3.8) is 0 Å². The van der Waals surface area contributed by atoms with Crippen LogP contribution in [0.3, 0.4) is 0 Å². The number of carbonyl (C=O) groups excluding carboxylic acids is 3. The summed E-state index contributed by atoms with van der Waals surface area (Å²) in [5.74, 6) is 0. The average Bonchev–Trinajstić information content (AvgIpc) is 2.34. The summed E-state index contributed by atoms with van der Waals surface area (Å²) in [6.45, 7) is -0.275. The quantitative estimate of drug-likeness (QED) is 0.637. The number of hydrogen-bond acceptors (Lipinski definition) is 3. The van der Waals surface area contributed by atoms with Gasteiger partial charge in [0.15, 0.2) is 0 Å². The van der Waals surface area contributed by atoms with Crippen LogP contribution in [0.2, 0.25) is 0 Å². The van der Waals surface area contributed by atoms with Crippen LogP contribution >= 0.6 is 0 Å². The Labute approximate surface area is 97.5 Å². The molecule has 4 N–H and O–H groups in total. The van der Waals surface area contributed by atoms with Gasteiger partial charge in [0.2, 0.25) is 6.29 Å². The van der Waals surface area contributed by atoms with Gasteiger partial charge < -0.3 is 11.1 Å². The molecule has 0 aromatic heterocycles. The summed E-state index contributed by atoms with van der Waals surface area (Å²) >= 11 is 0. The standard InChI is InChI=1S/C10H11N4O3/c11-9(16)13-14(10(17)12-6-7-15)8-4-2-1-3-5-8/h1-5H,6H2,(H,12,17)(H3,11,13,16). The third-order valence-electron chi connectivity index (χ3n) is 1.75. The van der Waals surface area contributed by atoms with E-state index in [2.05, 4.69) is 10.7 Å². The SMILES string of the molecule is NC(=O)NN(C(=O)NC[C]=O)c1ccccc1. The number of rotatable bonds is 3. The van der Waals surface area contributed by atoms with Crippen molar-refractivity contribution in [2.75, 3.05) is 11.6 Å². The van der Waals surface area contributed by atoms with Gasteiger partial charge in [0.1, 0.15) is 0 Å². The Balaban J connectivity index is 2.84. The smallest absolute Gasteiger partial charge is 0.341 e. The summed E-state index contributed by atoms with van der Waals surface area (Å²) < 4.78 is 0. The molecule has 7 heteroatoms. The van der Waals surface area contributed by atoms with Gasteiger partial charge in [0.05, 0.1) is 12.2 Å². The van der Waals surface area contributed by atoms with Gasteiger partial charge in [-0.05, 0) is 12.1 Å². The van der Waals surface area contributed by atoms with Crippen molar-refractivity contribution in [1.82, 2.24) is 10.7 Å². The number of nitrogens with two attached hydrogens (primary N) is 1. The molecule has 0 aliphatic rings. The number of para-hydroxylation sites is 1. The van der Waals surface area contributed by atoms with Crippen LogP contribution in [0.5, 0.6) is 0 Å². The molecule has 1 radical (unpaired) electrons. The second kappa shape index (κ2) is 6.11. The Bertz CT molecular complexity index is 407. The predicted octanol–water partition coefficient (Wildman–Crippen LogP) is -0.104. The molecule has 0 bridgehead atoms. The first-order chi connectivity index (χ1) is 8.15.